The van der Waals surface area contributed by atoms with Gasteiger partial charge in [-0.15, -0.1) is 0 Å². The molecule has 1 atom stereocenters. The molecule has 1 amide bonds. The average molecular weight is 439 g/mol. The van der Waals surface area contributed by atoms with Gasteiger partial charge in [0.1, 0.15) is 6.04 Å². The molecular formula is C23H23ClN4O3. The van der Waals surface area contributed by atoms with E-state index in [9.17, 15) is 9.59 Å². The molecule has 0 bridgehead atoms. The van der Waals surface area contributed by atoms with Crippen LogP contribution < -0.4 is 0 Å². The number of benzene rings is 2. The highest BCUT2D eigenvalue weighted by molar-refractivity contribution is 6.30. The van der Waals surface area contributed by atoms with Gasteiger partial charge in [-0.2, -0.15) is 5.10 Å². The Kier molecular flexibility index (Phi) is 6.34. The molecule has 160 valence electrons. The number of ether oxygens (including phenoxy) is 1. The lowest BCUT2D eigenvalue weighted by molar-refractivity contribution is -0.148. The van der Waals surface area contributed by atoms with Gasteiger partial charge in [-0.3, -0.25) is 9.69 Å². The fraction of sp³-hybridized carbons (Fsp3) is 0.261. The maximum atomic E-state index is 13.0. The Bertz CT molecular complexity index is 1030. The van der Waals surface area contributed by atoms with Gasteiger partial charge in [0.25, 0.3) is 5.91 Å². The third-order valence-electron chi connectivity index (χ3n) is 5.46. The van der Waals surface area contributed by atoms with E-state index >= 15 is 0 Å². The zero-order valence-electron chi connectivity index (χ0n) is 17.1. The van der Waals surface area contributed by atoms with E-state index < -0.39 is 6.04 Å². The van der Waals surface area contributed by atoms with Gasteiger partial charge >= 0.3 is 5.97 Å². The van der Waals surface area contributed by atoms with Crippen molar-refractivity contribution in [3.63, 3.8) is 0 Å². The summed E-state index contributed by atoms with van der Waals surface area (Å²) in [6.45, 7) is 2.20. The zero-order valence-corrected chi connectivity index (χ0v) is 17.9. The number of aromatic nitrogens is 2. The molecule has 4 rings (SSSR count). The van der Waals surface area contributed by atoms with E-state index in [1.54, 1.807) is 23.0 Å². The number of halogens is 1. The minimum atomic E-state index is -0.520. The molecule has 2 heterocycles. The van der Waals surface area contributed by atoms with Crippen LogP contribution in [0, 0.1) is 0 Å². The highest BCUT2D eigenvalue weighted by Gasteiger charge is 2.32. The second kappa shape index (κ2) is 9.32. The summed E-state index contributed by atoms with van der Waals surface area (Å²) in [5.41, 5.74) is 2.35. The van der Waals surface area contributed by atoms with Crippen molar-refractivity contribution < 1.29 is 14.3 Å². The van der Waals surface area contributed by atoms with Crippen molar-refractivity contribution in [3.05, 3.63) is 83.1 Å². The van der Waals surface area contributed by atoms with Gasteiger partial charge in [0.15, 0.2) is 0 Å². The largest absolute Gasteiger partial charge is 0.468 e. The van der Waals surface area contributed by atoms with Crippen molar-refractivity contribution in [2.24, 2.45) is 0 Å². The minimum Gasteiger partial charge on any atom is -0.468 e. The Morgan fingerprint density at radius 2 is 1.68 bits per heavy atom. The van der Waals surface area contributed by atoms with Crippen molar-refractivity contribution >= 4 is 23.5 Å². The third kappa shape index (κ3) is 4.62. The number of carbonyl (C=O) groups excluding carboxylic acids is 2. The number of carbonyl (C=O) groups is 2. The van der Waals surface area contributed by atoms with Crippen molar-refractivity contribution in [1.29, 1.82) is 0 Å². The van der Waals surface area contributed by atoms with Crippen LogP contribution in [-0.4, -0.2) is 64.7 Å². The summed E-state index contributed by atoms with van der Waals surface area (Å²) in [4.78, 5) is 29.3. The van der Waals surface area contributed by atoms with Crippen LogP contribution in [0.4, 0.5) is 0 Å². The van der Waals surface area contributed by atoms with Crippen molar-refractivity contribution in [3.8, 4) is 5.69 Å². The van der Waals surface area contributed by atoms with Crippen molar-refractivity contribution in [2.45, 2.75) is 6.04 Å². The van der Waals surface area contributed by atoms with Gasteiger partial charge in [0.05, 0.1) is 12.8 Å². The Balaban J connectivity index is 1.42. The highest BCUT2D eigenvalue weighted by Crippen LogP contribution is 2.25. The fourth-order valence-electron chi connectivity index (χ4n) is 3.80. The average Bonchev–Trinajstić information content (AvgIpc) is 3.35. The zero-order chi connectivity index (χ0) is 21.8. The Morgan fingerprint density at radius 1 is 1.00 bits per heavy atom. The normalized spacial score (nSPS) is 15.5. The molecule has 3 aromatic rings. The molecule has 7 nitrogen and oxygen atoms in total. The van der Waals surface area contributed by atoms with Gasteiger partial charge in [-0.25, -0.2) is 9.48 Å². The predicted octanol–water partition coefficient (Wildman–Crippen LogP) is 3.20. The summed E-state index contributed by atoms with van der Waals surface area (Å²) in [5.74, 6) is -0.343. The molecular weight excluding hydrogens is 416 g/mol. The number of nitrogens with zero attached hydrogens (tertiary/aromatic N) is 4. The lowest BCUT2D eigenvalue weighted by Gasteiger charge is -2.38. The van der Waals surface area contributed by atoms with E-state index in [4.69, 9.17) is 16.3 Å². The first kappa shape index (κ1) is 21.1. The first-order valence-electron chi connectivity index (χ1n) is 10.0. The summed E-state index contributed by atoms with van der Waals surface area (Å²) in [7, 11) is 1.39. The van der Waals surface area contributed by atoms with Crippen molar-refractivity contribution in [2.75, 3.05) is 33.3 Å². The quantitative estimate of drug-likeness (QED) is 0.572. The number of hydrogen-bond donors (Lipinski definition) is 0. The standard InChI is InChI=1S/C23H23ClN4O3/c1-31-23(30)21(17-3-7-19(24)8-4-17)26-13-15-27(16-14-26)22(29)18-5-9-20(10-6-18)28-12-2-11-25-28/h2-12,21H,13-16H2,1H3. The number of methoxy groups -OCH3 is 1. The van der Waals surface area contributed by atoms with Crippen LogP contribution in [0.3, 0.4) is 0 Å². The van der Waals surface area contributed by atoms with Gasteiger partial charge in [0, 0.05) is 49.2 Å². The molecule has 1 aliphatic heterocycles. The maximum absolute atomic E-state index is 13.0. The molecule has 0 spiro atoms. The van der Waals surface area contributed by atoms with Crippen LogP contribution in [-0.2, 0) is 9.53 Å². The molecule has 2 aromatic carbocycles. The molecule has 1 aromatic heterocycles. The van der Waals surface area contributed by atoms with Crippen molar-refractivity contribution in [1.82, 2.24) is 19.6 Å². The molecule has 1 saturated heterocycles. The second-order valence-electron chi connectivity index (χ2n) is 7.30. The van der Waals surface area contributed by atoms with E-state index in [0.717, 1.165) is 11.3 Å². The van der Waals surface area contributed by atoms with E-state index in [0.29, 0.717) is 36.8 Å². The van der Waals surface area contributed by atoms with Crippen LogP contribution in [0.2, 0.25) is 5.02 Å². The predicted molar refractivity (Wildman–Crippen MR) is 117 cm³/mol. The third-order valence-corrected chi connectivity index (χ3v) is 5.71. The molecule has 1 fully saturated rings. The van der Waals surface area contributed by atoms with Gasteiger partial charge < -0.3 is 9.64 Å². The van der Waals surface area contributed by atoms with E-state index in [2.05, 4.69) is 5.10 Å². The summed E-state index contributed by atoms with van der Waals surface area (Å²) < 4.78 is 6.78. The number of piperazine rings is 1. The van der Waals surface area contributed by atoms with Crippen LogP contribution in [0.25, 0.3) is 5.69 Å². The summed E-state index contributed by atoms with van der Waals surface area (Å²) >= 11 is 5.99. The Labute approximate surface area is 185 Å². The second-order valence-corrected chi connectivity index (χ2v) is 7.74. The lowest BCUT2D eigenvalue weighted by atomic mass is 10.0. The smallest absolute Gasteiger partial charge is 0.327 e. The molecule has 1 aliphatic rings. The summed E-state index contributed by atoms with van der Waals surface area (Å²) in [5, 5.41) is 4.81. The topological polar surface area (TPSA) is 67.7 Å². The molecule has 0 radical (unpaired) electrons. The summed E-state index contributed by atoms with van der Waals surface area (Å²) in [6, 6.07) is 15.9. The minimum absolute atomic E-state index is 0.0206. The Hall–Kier alpha value is -3.16. The molecule has 8 heteroatoms. The molecule has 31 heavy (non-hydrogen) atoms. The van der Waals surface area contributed by atoms with E-state index in [1.165, 1.54) is 7.11 Å². The molecule has 0 N–H and O–H groups in total. The van der Waals surface area contributed by atoms with Crippen LogP contribution in [0.5, 0.6) is 0 Å². The first-order valence-corrected chi connectivity index (χ1v) is 10.4. The van der Waals surface area contributed by atoms with Gasteiger partial charge in [-0.1, -0.05) is 23.7 Å². The number of esters is 1. The fourth-order valence-corrected chi connectivity index (χ4v) is 3.92. The summed E-state index contributed by atoms with van der Waals surface area (Å²) in [6.07, 6.45) is 3.57. The molecule has 1 unspecified atom stereocenters. The van der Waals surface area contributed by atoms with Crippen LogP contribution in [0.15, 0.2) is 67.0 Å². The molecule has 0 aliphatic carbocycles. The maximum Gasteiger partial charge on any atom is 0.327 e. The monoisotopic (exact) mass is 438 g/mol. The SMILES string of the molecule is COC(=O)C(c1ccc(Cl)cc1)N1CCN(C(=O)c2ccc(-n3cccn3)cc2)CC1. The van der Waals surface area contributed by atoms with Crippen LogP contribution in [0.1, 0.15) is 22.0 Å². The van der Waals surface area contributed by atoms with Gasteiger partial charge in [0.2, 0.25) is 0 Å². The number of rotatable bonds is 5. The van der Waals surface area contributed by atoms with E-state index in [1.807, 2.05) is 58.5 Å². The van der Waals surface area contributed by atoms with E-state index in [-0.39, 0.29) is 11.9 Å². The highest BCUT2D eigenvalue weighted by atomic mass is 35.5. The van der Waals surface area contributed by atoms with Gasteiger partial charge in [-0.05, 0) is 48.0 Å². The number of amides is 1. The number of hydrogen-bond acceptors (Lipinski definition) is 5. The van der Waals surface area contributed by atoms with Crippen LogP contribution >= 0.6 is 11.6 Å². The lowest BCUT2D eigenvalue weighted by Crippen LogP contribution is -2.51. The molecule has 0 saturated carbocycles. The Morgan fingerprint density at radius 3 is 2.26 bits per heavy atom. The first-order chi connectivity index (χ1) is 15.1.